The third kappa shape index (κ3) is 5.88. The van der Waals surface area contributed by atoms with Crippen LogP contribution in [0, 0.1) is 5.92 Å². The number of esters is 1. The summed E-state index contributed by atoms with van der Waals surface area (Å²) in [6.45, 7) is 4.15. The monoisotopic (exact) mass is 214 g/mol. The zero-order valence-corrected chi connectivity index (χ0v) is 9.49. The summed E-state index contributed by atoms with van der Waals surface area (Å²) >= 11 is 0. The van der Waals surface area contributed by atoms with Crippen molar-refractivity contribution in [2.75, 3.05) is 13.7 Å². The van der Waals surface area contributed by atoms with Crippen LogP contribution in [-0.2, 0) is 19.1 Å². The van der Waals surface area contributed by atoms with E-state index in [0.717, 1.165) is 12.8 Å². The van der Waals surface area contributed by atoms with Gasteiger partial charge in [-0.25, -0.2) is 0 Å². The molecule has 4 nitrogen and oxygen atoms in total. The summed E-state index contributed by atoms with van der Waals surface area (Å²) in [5, 5.41) is 0. The second kappa shape index (κ2) is 8.03. The third-order valence-corrected chi connectivity index (χ3v) is 1.93. The van der Waals surface area contributed by atoms with Gasteiger partial charge in [-0.1, -0.05) is 13.3 Å². The molecule has 0 aliphatic carbocycles. The number of unbranched alkanes of at least 4 members (excludes halogenated alkanes) is 1. The Kier molecular flexibility index (Phi) is 7.32. The van der Waals surface area contributed by atoms with E-state index in [1.54, 1.807) is 0 Å². The maximum atomic E-state index is 11.3. The Hall–Kier alpha value is -1.32. The lowest BCUT2D eigenvalue weighted by atomic mass is 10.1. The van der Waals surface area contributed by atoms with E-state index in [0.29, 0.717) is 6.61 Å². The van der Waals surface area contributed by atoms with Crippen molar-refractivity contribution in [3.8, 4) is 0 Å². The minimum Gasteiger partial charge on any atom is -0.501 e. The van der Waals surface area contributed by atoms with Crippen LogP contribution in [0.25, 0.3) is 0 Å². The zero-order valence-electron chi connectivity index (χ0n) is 9.49. The number of methoxy groups -OCH3 is 1. The first-order valence-corrected chi connectivity index (χ1v) is 5.03. The first kappa shape index (κ1) is 13.7. The number of hydrogen-bond acceptors (Lipinski definition) is 4. The maximum Gasteiger partial charge on any atom is 0.316 e. The van der Waals surface area contributed by atoms with E-state index < -0.39 is 11.9 Å². The van der Waals surface area contributed by atoms with Crippen LogP contribution in [0.5, 0.6) is 0 Å². The van der Waals surface area contributed by atoms with Crippen molar-refractivity contribution in [3.05, 3.63) is 12.3 Å². The average molecular weight is 214 g/mol. The van der Waals surface area contributed by atoms with Crippen molar-refractivity contribution >= 4 is 11.8 Å². The van der Waals surface area contributed by atoms with Crippen LogP contribution in [-0.4, -0.2) is 25.5 Å². The molecule has 0 rings (SSSR count). The number of allylic oxidation sites excluding steroid dienone is 1. The molecule has 0 aliphatic rings. The fourth-order valence-corrected chi connectivity index (χ4v) is 0.848. The summed E-state index contributed by atoms with van der Waals surface area (Å²) in [5.74, 6) is -1.60. The smallest absolute Gasteiger partial charge is 0.316 e. The second-order valence-electron chi connectivity index (χ2n) is 3.17. The quantitative estimate of drug-likeness (QED) is 0.213. The molecule has 1 atom stereocenters. The van der Waals surface area contributed by atoms with E-state index in [1.807, 2.05) is 0 Å². The Balaban J connectivity index is 3.86. The van der Waals surface area contributed by atoms with Crippen LogP contribution in [0.2, 0.25) is 0 Å². The van der Waals surface area contributed by atoms with Gasteiger partial charge < -0.3 is 9.47 Å². The zero-order chi connectivity index (χ0) is 11.7. The van der Waals surface area contributed by atoms with Crippen molar-refractivity contribution < 1.29 is 19.1 Å². The number of carbonyl (C=O) groups excluding carboxylic acids is 2. The molecule has 0 amide bonds. The van der Waals surface area contributed by atoms with Crippen molar-refractivity contribution in [3.63, 3.8) is 0 Å². The highest BCUT2D eigenvalue weighted by Crippen LogP contribution is 2.01. The molecule has 0 aliphatic heterocycles. The van der Waals surface area contributed by atoms with Gasteiger partial charge in [-0.05, 0) is 13.3 Å². The lowest BCUT2D eigenvalue weighted by molar-refractivity contribution is -0.147. The molecular formula is C11H18O4. The molecule has 0 bridgehead atoms. The van der Waals surface area contributed by atoms with Gasteiger partial charge in [0.1, 0.15) is 5.92 Å². The van der Waals surface area contributed by atoms with Crippen molar-refractivity contribution in [1.29, 1.82) is 0 Å². The fourth-order valence-electron chi connectivity index (χ4n) is 0.848. The lowest BCUT2D eigenvalue weighted by Crippen LogP contribution is -2.20. The van der Waals surface area contributed by atoms with E-state index >= 15 is 0 Å². The molecule has 86 valence electrons. The Bertz CT molecular complexity index is 233. The molecule has 0 N–H and O–H groups in total. The van der Waals surface area contributed by atoms with Gasteiger partial charge in [0.05, 0.1) is 20.0 Å². The molecule has 0 aromatic carbocycles. The Morgan fingerprint density at radius 2 is 2.07 bits per heavy atom. The van der Waals surface area contributed by atoms with Gasteiger partial charge in [0.15, 0.2) is 5.78 Å². The molecule has 0 radical (unpaired) electrons. The Labute approximate surface area is 90.2 Å². The molecule has 0 heterocycles. The first-order valence-electron chi connectivity index (χ1n) is 5.03. The molecule has 15 heavy (non-hydrogen) atoms. The summed E-state index contributed by atoms with van der Waals surface area (Å²) in [5.41, 5.74) is 0. The van der Waals surface area contributed by atoms with E-state index in [2.05, 4.69) is 11.7 Å². The summed E-state index contributed by atoms with van der Waals surface area (Å²) in [7, 11) is 1.26. The van der Waals surface area contributed by atoms with Gasteiger partial charge in [0, 0.05) is 6.08 Å². The molecule has 0 saturated heterocycles. The van der Waals surface area contributed by atoms with E-state index in [1.165, 1.54) is 26.4 Å². The normalized spacial score (nSPS) is 12.5. The molecule has 0 spiro atoms. The Morgan fingerprint density at radius 1 is 1.40 bits per heavy atom. The minimum atomic E-state index is -0.763. The van der Waals surface area contributed by atoms with Crippen LogP contribution >= 0.6 is 0 Å². The Morgan fingerprint density at radius 3 is 2.60 bits per heavy atom. The molecule has 0 saturated carbocycles. The highest BCUT2D eigenvalue weighted by Gasteiger charge is 2.19. The highest BCUT2D eigenvalue weighted by atomic mass is 16.5. The fraction of sp³-hybridized carbons (Fsp3) is 0.636. The summed E-state index contributed by atoms with van der Waals surface area (Å²) in [6, 6.07) is 0. The van der Waals surface area contributed by atoms with E-state index in [9.17, 15) is 9.59 Å². The van der Waals surface area contributed by atoms with Gasteiger partial charge in [-0.2, -0.15) is 0 Å². The van der Waals surface area contributed by atoms with E-state index in [-0.39, 0.29) is 5.78 Å². The van der Waals surface area contributed by atoms with Crippen LogP contribution in [0.4, 0.5) is 0 Å². The molecular weight excluding hydrogens is 196 g/mol. The minimum absolute atomic E-state index is 0.307. The lowest BCUT2D eigenvalue weighted by Gasteiger charge is -2.04. The SMILES string of the molecule is CCCCO/C=C/C(=O)[C@@H](C)C(=O)OC. The average Bonchev–Trinajstić information content (AvgIpc) is 2.26. The topological polar surface area (TPSA) is 52.6 Å². The van der Waals surface area contributed by atoms with Crippen LogP contribution in [0.3, 0.4) is 0 Å². The second-order valence-corrected chi connectivity index (χ2v) is 3.17. The van der Waals surface area contributed by atoms with Crippen molar-refractivity contribution in [2.45, 2.75) is 26.7 Å². The highest BCUT2D eigenvalue weighted by molar-refractivity contribution is 6.04. The third-order valence-electron chi connectivity index (χ3n) is 1.93. The molecule has 0 unspecified atom stereocenters. The van der Waals surface area contributed by atoms with Gasteiger partial charge in [-0.15, -0.1) is 0 Å². The maximum absolute atomic E-state index is 11.3. The molecule has 0 aromatic rings. The standard InChI is InChI=1S/C11H18O4/c1-4-5-7-15-8-6-10(12)9(2)11(13)14-3/h6,8-9H,4-5,7H2,1-3H3/b8-6+/t9-/m1/s1. The van der Waals surface area contributed by atoms with Gasteiger partial charge >= 0.3 is 5.97 Å². The largest absolute Gasteiger partial charge is 0.501 e. The molecule has 0 aromatic heterocycles. The predicted octanol–water partition coefficient (Wildman–Crippen LogP) is 1.70. The summed E-state index contributed by atoms with van der Waals surface area (Å²) < 4.78 is 9.50. The van der Waals surface area contributed by atoms with Gasteiger partial charge in [0.2, 0.25) is 0 Å². The van der Waals surface area contributed by atoms with Gasteiger partial charge in [-0.3, -0.25) is 9.59 Å². The summed E-state index contributed by atoms with van der Waals surface area (Å²) in [4.78, 5) is 22.3. The van der Waals surface area contributed by atoms with Crippen LogP contribution < -0.4 is 0 Å². The number of carbonyl (C=O) groups is 2. The van der Waals surface area contributed by atoms with E-state index in [4.69, 9.17) is 4.74 Å². The summed E-state index contributed by atoms with van der Waals surface area (Å²) in [6.07, 6.45) is 4.58. The van der Waals surface area contributed by atoms with Gasteiger partial charge in [0.25, 0.3) is 0 Å². The molecule has 4 heteroatoms. The van der Waals surface area contributed by atoms with Crippen molar-refractivity contribution in [1.82, 2.24) is 0 Å². The molecule has 0 fully saturated rings. The first-order chi connectivity index (χ1) is 7.13. The number of ketones is 1. The number of hydrogen-bond donors (Lipinski definition) is 0. The van der Waals surface area contributed by atoms with Crippen LogP contribution in [0.1, 0.15) is 26.7 Å². The number of rotatable bonds is 7. The number of ether oxygens (including phenoxy) is 2. The predicted molar refractivity (Wildman–Crippen MR) is 56.2 cm³/mol. The van der Waals surface area contributed by atoms with Crippen LogP contribution in [0.15, 0.2) is 12.3 Å². The van der Waals surface area contributed by atoms with Crippen molar-refractivity contribution in [2.24, 2.45) is 5.92 Å².